The number of hydrogen-bond acceptors (Lipinski definition) is 3. The number of aromatic nitrogens is 3. The minimum atomic E-state index is -0.534. The van der Waals surface area contributed by atoms with Crippen LogP contribution in [0.3, 0.4) is 0 Å². The third kappa shape index (κ3) is 6.56. The molecule has 1 heterocycles. The summed E-state index contributed by atoms with van der Waals surface area (Å²) in [6, 6.07) is 89.4. The van der Waals surface area contributed by atoms with E-state index in [0.717, 1.165) is 33.4 Å². The predicted molar refractivity (Wildman–Crippen MR) is 267 cm³/mol. The van der Waals surface area contributed by atoms with Gasteiger partial charge in [0.15, 0.2) is 17.5 Å². The van der Waals surface area contributed by atoms with E-state index in [1.807, 2.05) is 60.7 Å². The first-order chi connectivity index (χ1) is 32.2. The van der Waals surface area contributed by atoms with E-state index >= 15 is 0 Å². The lowest BCUT2D eigenvalue weighted by atomic mass is 9.67. The maximum atomic E-state index is 5.06. The van der Waals surface area contributed by atoms with E-state index in [9.17, 15) is 0 Å². The van der Waals surface area contributed by atoms with Crippen LogP contribution in [0.1, 0.15) is 22.3 Å². The SMILES string of the molecule is c1ccc(-c2nc(-c3ccccc3)nc(-c3cccc(-c4cccc(-c5cc6c(cc5-c5cccc7ccccc57)-c5ccccc5C6(c5ccccc5)c5ccccc5)c4)c3)n2)cc1. The molecule has 0 fully saturated rings. The Bertz CT molecular complexity index is 3430. The molecule has 0 N–H and O–H groups in total. The maximum absolute atomic E-state index is 5.06. The summed E-state index contributed by atoms with van der Waals surface area (Å²) in [6.45, 7) is 0. The molecule has 0 aliphatic heterocycles. The van der Waals surface area contributed by atoms with Crippen LogP contribution in [-0.4, -0.2) is 15.0 Å². The van der Waals surface area contributed by atoms with Crippen molar-refractivity contribution < 1.29 is 0 Å². The van der Waals surface area contributed by atoms with Gasteiger partial charge in [-0.25, -0.2) is 15.0 Å². The fourth-order valence-corrected chi connectivity index (χ4v) is 10.1. The molecule has 304 valence electrons. The molecule has 0 saturated heterocycles. The number of benzene rings is 10. The molecule has 65 heavy (non-hydrogen) atoms. The zero-order valence-electron chi connectivity index (χ0n) is 35.5. The first-order valence-corrected chi connectivity index (χ1v) is 22.2. The highest BCUT2D eigenvalue weighted by Gasteiger charge is 2.46. The van der Waals surface area contributed by atoms with Crippen molar-refractivity contribution in [1.29, 1.82) is 0 Å². The smallest absolute Gasteiger partial charge is 0.164 e. The van der Waals surface area contributed by atoms with Gasteiger partial charge in [-0.3, -0.25) is 0 Å². The minimum Gasteiger partial charge on any atom is -0.208 e. The van der Waals surface area contributed by atoms with Gasteiger partial charge in [-0.1, -0.05) is 224 Å². The van der Waals surface area contributed by atoms with E-state index in [1.165, 1.54) is 60.8 Å². The lowest BCUT2D eigenvalue weighted by Crippen LogP contribution is -2.28. The van der Waals surface area contributed by atoms with Gasteiger partial charge in [-0.2, -0.15) is 0 Å². The van der Waals surface area contributed by atoms with Crippen molar-refractivity contribution in [2.24, 2.45) is 0 Å². The summed E-state index contributed by atoms with van der Waals surface area (Å²) in [7, 11) is 0. The molecule has 12 rings (SSSR count). The fourth-order valence-electron chi connectivity index (χ4n) is 10.1. The predicted octanol–water partition coefficient (Wildman–Crippen LogP) is 15.4. The molecule has 11 aromatic rings. The van der Waals surface area contributed by atoms with E-state index in [0.29, 0.717) is 17.5 Å². The average Bonchev–Trinajstić information content (AvgIpc) is 3.69. The van der Waals surface area contributed by atoms with Crippen LogP contribution < -0.4 is 0 Å². The van der Waals surface area contributed by atoms with Crippen molar-refractivity contribution in [3.8, 4) is 78.7 Å². The molecule has 0 atom stereocenters. The van der Waals surface area contributed by atoms with Crippen LogP contribution in [0, 0.1) is 0 Å². The second-order valence-corrected chi connectivity index (χ2v) is 16.7. The highest BCUT2D eigenvalue weighted by molar-refractivity contribution is 6.03. The topological polar surface area (TPSA) is 38.7 Å². The zero-order valence-corrected chi connectivity index (χ0v) is 35.5. The number of nitrogens with zero attached hydrogens (tertiary/aromatic N) is 3. The van der Waals surface area contributed by atoms with Gasteiger partial charge in [0.25, 0.3) is 0 Å². The Morgan fingerprint density at radius 1 is 0.246 bits per heavy atom. The molecule has 0 unspecified atom stereocenters. The van der Waals surface area contributed by atoms with Crippen molar-refractivity contribution in [2.75, 3.05) is 0 Å². The van der Waals surface area contributed by atoms with Crippen LogP contribution in [0.15, 0.2) is 249 Å². The van der Waals surface area contributed by atoms with Crippen molar-refractivity contribution >= 4 is 10.8 Å². The highest BCUT2D eigenvalue weighted by Crippen LogP contribution is 2.58. The molecule has 1 aliphatic carbocycles. The summed E-state index contributed by atoms with van der Waals surface area (Å²) in [5.74, 6) is 1.91. The van der Waals surface area contributed by atoms with Crippen LogP contribution in [0.5, 0.6) is 0 Å². The van der Waals surface area contributed by atoms with Crippen LogP contribution in [0.2, 0.25) is 0 Å². The Morgan fingerprint density at radius 2 is 0.692 bits per heavy atom. The van der Waals surface area contributed by atoms with Gasteiger partial charge in [-0.05, 0) is 102 Å². The van der Waals surface area contributed by atoms with Crippen LogP contribution >= 0.6 is 0 Å². The van der Waals surface area contributed by atoms with Gasteiger partial charge in [-0.15, -0.1) is 0 Å². The van der Waals surface area contributed by atoms with E-state index in [2.05, 4.69) is 188 Å². The first-order valence-electron chi connectivity index (χ1n) is 22.2. The molecule has 1 aromatic heterocycles. The van der Waals surface area contributed by atoms with Crippen molar-refractivity contribution in [3.05, 3.63) is 271 Å². The molecule has 10 aromatic carbocycles. The largest absolute Gasteiger partial charge is 0.208 e. The fraction of sp³-hybridized carbons (Fsp3) is 0.0161. The van der Waals surface area contributed by atoms with E-state index < -0.39 is 5.41 Å². The van der Waals surface area contributed by atoms with Crippen LogP contribution in [-0.2, 0) is 5.41 Å². The molecule has 1 aliphatic rings. The van der Waals surface area contributed by atoms with Crippen LogP contribution in [0.25, 0.3) is 89.4 Å². The second kappa shape index (κ2) is 16.0. The molecular weight excluding hydrogens is 787 g/mol. The van der Waals surface area contributed by atoms with Crippen molar-refractivity contribution in [2.45, 2.75) is 5.41 Å². The summed E-state index contributed by atoms with van der Waals surface area (Å²) in [6.07, 6.45) is 0. The highest BCUT2D eigenvalue weighted by atomic mass is 15.0. The minimum absolute atomic E-state index is 0.534. The zero-order chi connectivity index (χ0) is 43.2. The quantitative estimate of drug-likeness (QED) is 0.153. The first kappa shape index (κ1) is 38.2. The van der Waals surface area contributed by atoms with Crippen molar-refractivity contribution in [3.63, 3.8) is 0 Å². The van der Waals surface area contributed by atoms with Gasteiger partial charge >= 0.3 is 0 Å². The third-order valence-corrected chi connectivity index (χ3v) is 13.0. The van der Waals surface area contributed by atoms with E-state index in [1.54, 1.807) is 0 Å². The molecule has 0 bridgehead atoms. The normalized spacial score (nSPS) is 12.4. The average molecular weight is 828 g/mol. The maximum Gasteiger partial charge on any atom is 0.164 e. The molecule has 3 heteroatoms. The van der Waals surface area contributed by atoms with Gasteiger partial charge < -0.3 is 0 Å². The number of rotatable bonds is 8. The summed E-state index contributed by atoms with van der Waals surface area (Å²) < 4.78 is 0. The summed E-state index contributed by atoms with van der Waals surface area (Å²) in [4.78, 5) is 15.1. The number of fused-ring (bicyclic) bond motifs is 4. The summed E-state index contributed by atoms with van der Waals surface area (Å²) in [5.41, 5.74) is 16.8. The van der Waals surface area contributed by atoms with Gasteiger partial charge in [0.05, 0.1) is 5.41 Å². The Morgan fingerprint density at radius 3 is 1.34 bits per heavy atom. The monoisotopic (exact) mass is 827 g/mol. The molecule has 0 saturated carbocycles. The molecule has 0 spiro atoms. The molecular formula is C62H41N3. The molecule has 0 amide bonds. The van der Waals surface area contributed by atoms with E-state index in [4.69, 9.17) is 15.0 Å². The summed E-state index contributed by atoms with van der Waals surface area (Å²) >= 11 is 0. The molecule has 3 nitrogen and oxygen atoms in total. The van der Waals surface area contributed by atoms with E-state index in [-0.39, 0.29) is 0 Å². The number of hydrogen-bond donors (Lipinski definition) is 0. The summed E-state index contributed by atoms with van der Waals surface area (Å²) in [5, 5.41) is 2.44. The standard InChI is InChI=1S/C62H41N3/c1-5-21-43(22-6-1)59-63-60(44-23-7-2-8-24-44)65-61(64-59)48-29-18-27-46(39-48)45-26-17-28-47(38-45)54-41-58-56(40-55(54)52-36-19-25-42-20-13-14-34-51(42)52)53-35-15-16-37-57(53)62(58,49-30-9-3-10-31-49)50-32-11-4-12-33-50/h1-41H. The second-order valence-electron chi connectivity index (χ2n) is 16.7. The van der Waals surface area contributed by atoms with Crippen LogP contribution in [0.4, 0.5) is 0 Å². The Hall–Kier alpha value is -8.53. The Kier molecular flexibility index (Phi) is 9.39. The van der Waals surface area contributed by atoms with Gasteiger partial charge in [0.2, 0.25) is 0 Å². The van der Waals surface area contributed by atoms with Gasteiger partial charge in [0, 0.05) is 16.7 Å². The Labute approximate surface area is 379 Å². The Balaban J connectivity index is 1.07. The van der Waals surface area contributed by atoms with Crippen molar-refractivity contribution in [1.82, 2.24) is 15.0 Å². The molecule has 0 radical (unpaired) electrons. The lowest BCUT2D eigenvalue weighted by molar-refractivity contribution is 0.769. The van der Waals surface area contributed by atoms with Gasteiger partial charge in [0.1, 0.15) is 0 Å². The lowest BCUT2D eigenvalue weighted by Gasteiger charge is -2.34. The third-order valence-electron chi connectivity index (χ3n) is 13.0.